The van der Waals surface area contributed by atoms with Crippen LogP contribution in [0.3, 0.4) is 0 Å². The summed E-state index contributed by atoms with van der Waals surface area (Å²) in [5, 5.41) is 0.883. The van der Waals surface area contributed by atoms with Gasteiger partial charge in [-0.1, -0.05) is 12.2 Å². The van der Waals surface area contributed by atoms with Crippen molar-refractivity contribution in [1.82, 2.24) is 10.4 Å². The van der Waals surface area contributed by atoms with Crippen LogP contribution in [0.25, 0.3) is 0 Å². The lowest BCUT2D eigenvalue weighted by atomic mass is 9.85. The van der Waals surface area contributed by atoms with E-state index in [1.165, 1.54) is 0 Å². The molecule has 0 aromatic rings. The lowest BCUT2D eigenvalue weighted by Crippen LogP contribution is -2.48. The van der Waals surface area contributed by atoms with E-state index < -0.39 is 0 Å². The van der Waals surface area contributed by atoms with E-state index in [-0.39, 0.29) is 28.8 Å². The number of rotatable bonds is 1. The van der Waals surface area contributed by atoms with Crippen molar-refractivity contribution in [3.63, 3.8) is 0 Å². The van der Waals surface area contributed by atoms with Gasteiger partial charge in [0, 0.05) is 0 Å². The van der Waals surface area contributed by atoms with Gasteiger partial charge in [-0.3, -0.25) is 15.0 Å². The normalized spacial score (nSPS) is 29.2. The zero-order valence-corrected chi connectivity index (χ0v) is 8.79. The molecule has 2 aliphatic rings. The Morgan fingerprint density at radius 3 is 2.20 bits per heavy atom. The van der Waals surface area contributed by atoms with Crippen molar-refractivity contribution in [2.45, 2.75) is 12.8 Å². The first-order valence-electron chi connectivity index (χ1n) is 4.70. The Labute approximate surface area is 92.3 Å². The molecule has 15 heavy (non-hydrogen) atoms. The fraction of sp³-hybridized carbons (Fsp3) is 0.444. The van der Waals surface area contributed by atoms with Crippen molar-refractivity contribution < 1.29 is 9.59 Å². The first kappa shape index (κ1) is 10.1. The van der Waals surface area contributed by atoms with E-state index in [4.69, 9.17) is 5.73 Å². The summed E-state index contributed by atoms with van der Waals surface area (Å²) < 4.78 is 0. The van der Waals surface area contributed by atoms with Crippen molar-refractivity contribution in [3.8, 4) is 0 Å². The lowest BCUT2D eigenvalue weighted by molar-refractivity contribution is -0.142. The van der Waals surface area contributed by atoms with Gasteiger partial charge in [0.25, 0.3) is 11.8 Å². The summed E-state index contributed by atoms with van der Waals surface area (Å²) in [6, 6.07) is 0. The highest BCUT2D eigenvalue weighted by atomic mass is 32.1. The Balaban J connectivity index is 2.20. The zero-order valence-electron chi connectivity index (χ0n) is 7.97. The molecule has 0 radical (unpaired) electrons. The van der Waals surface area contributed by atoms with Crippen molar-refractivity contribution in [3.05, 3.63) is 12.2 Å². The summed E-state index contributed by atoms with van der Waals surface area (Å²) in [4.78, 5) is 23.6. The van der Waals surface area contributed by atoms with Gasteiger partial charge in [0.15, 0.2) is 5.11 Å². The second-order valence-corrected chi connectivity index (χ2v) is 4.08. The molecule has 1 fully saturated rings. The number of nitrogens with zero attached hydrogens (tertiary/aromatic N) is 1. The quantitative estimate of drug-likeness (QED) is 0.363. The van der Waals surface area contributed by atoms with Crippen LogP contribution in [0.2, 0.25) is 0 Å². The number of imide groups is 1. The van der Waals surface area contributed by atoms with Crippen LogP contribution in [0.15, 0.2) is 12.2 Å². The molecule has 0 aromatic heterocycles. The SMILES string of the molecule is NC(=S)NN1C(=O)[C@H]2CC=CC[C@H]2C1=O. The summed E-state index contributed by atoms with van der Waals surface area (Å²) in [6.45, 7) is 0. The van der Waals surface area contributed by atoms with Crippen molar-refractivity contribution in [2.24, 2.45) is 17.6 Å². The lowest BCUT2D eigenvalue weighted by Gasteiger charge is -2.14. The maximum absolute atomic E-state index is 11.8. The minimum atomic E-state index is -0.246. The molecule has 0 spiro atoms. The Kier molecular flexibility index (Phi) is 2.44. The molecule has 2 rings (SSSR count). The number of carbonyl (C=O) groups is 2. The van der Waals surface area contributed by atoms with Gasteiger partial charge < -0.3 is 5.73 Å². The molecule has 1 aliphatic carbocycles. The maximum Gasteiger partial charge on any atom is 0.252 e. The molecular weight excluding hydrogens is 214 g/mol. The molecule has 80 valence electrons. The van der Waals surface area contributed by atoms with Gasteiger partial charge in [0.05, 0.1) is 11.8 Å². The fourth-order valence-corrected chi connectivity index (χ4v) is 2.11. The molecule has 0 saturated carbocycles. The number of thiocarbonyl (C=S) groups is 1. The number of carbonyl (C=O) groups excluding carboxylic acids is 2. The predicted octanol–water partition coefficient (Wildman–Crippen LogP) is -0.314. The largest absolute Gasteiger partial charge is 0.375 e. The summed E-state index contributed by atoms with van der Waals surface area (Å²) in [5.74, 6) is -0.960. The third-order valence-corrected chi connectivity index (χ3v) is 2.82. The zero-order chi connectivity index (χ0) is 11.0. The van der Waals surface area contributed by atoms with Crippen LogP contribution in [0, 0.1) is 11.8 Å². The highest BCUT2D eigenvalue weighted by Crippen LogP contribution is 2.33. The number of fused-ring (bicyclic) bond motifs is 1. The van der Waals surface area contributed by atoms with Gasteiger partial charge in [0.2, 0.25) is 0 Å². The van der Waals surface area contributed by atoms with E-state index in [9.17, 15) is 9.59 Å². The Bertz CT molecular complexity index is 340. The van der Waals surface area contributed by atoms with Crippen LogP contribution in [0.5, 0.6) is 0 Å². The Morgan fingerprint density at radius 1 is 1.33 bits per heavy atom. The highest BCUT2D eigenvalue weighted by molar-refractivity contribution is 7.80. The molecule has 0 bridgehead atoms. The molecule has 0 aromatic carbocycles. The monoisotopic (exact) mass is 225 g/mol. The molecule has 1 heterocycles. The van der Waals surface area contributed by atoms with Gasteiger partial charge in [-0.25, -0.2) is 0 Å². The molecule has 1 aliphatic heterocycles. The summed E-state index contributed by atoms with van der Waals surface area (Å²) in [5.41, 5.74) is 7.66. The smallest absolute Gasteiger partial charge is 0.252 e. The van der Waals surface area contributed by atoms with Crippen LogP contribution in [-0.4, -0.2) is 21.9 Å². The Morgan fingerprint density at radius 2 is 1.80 bits per heavy atom. The average Bonchev–Trinajstić information content (AvgIpc) is 2.44. The van der Waals surface area contributed by atoms with E-state index >= 15 is 0 Å². The second-order valence-electron chi connectivity index (χ2n) is 3.64. The molecule has 2 atom stereocenters. The Hall–Kier alpha value is -1.43. The number of hydrazine groups is 1. The standard InChI is InChI=1S/C9H11N3O2S/c10-9(15)11-12-7(13)5-3-1-2-4-6(5)8(12)14/h1-2,5-6H,3-4H2,(H3,10,11,15)/t5-,6+. The van der Waals surface area contributed by atoms with E-state index in [0.717, 1.165) is 5.01 Å². The van der Waals surface area contributed by atoms with Crippen LogP contribution < -0.4 is 11.2 Å². The van der Waals surface area contributed by atoms with Gasteiger partial charge in [0.1, 0.15) is 0 Å². The number of hydrogen-bond acceptors (Lipinski definition) is 3. The van der Waals surface area contributed by atoms with Gasteiger partial charge in [-0.05, 0) is 25.1 Å². The average molecular weight is 225 g/mol. The fourth-order valence-electron chi connectivity index (χ4n) is 2.02. The third kappa shape index (κ3) is 1.61. The second kappa shape index (κ2) is 3.62. The minimum absolute atomic E-state index is 0.0664. The van der Waals surface area contributed by atoms with Crippen LogP contribution >= 0.6 is 12.2 Å². The first-order valence-corrected chi connectivity index (χ1v) is 5.11. The van der Waals surface area contributed by atoms with Crippen LogP contribution in [-0.2, 0) is 9.59 Å². The molecule has 2 amide bonds. The van der Waals surface area contributed by atoms with Gasteiger partial charge in [-0.15, -0.1) is 0 Å². The number of allylic oxidation sites excluding steroid dienone is 2. The van der Waals surface area contributed by atoms with E-state index in [0.29, 0.717) is 12.8 Å². The molecule has 6 heteroatoms. The van der Waals surface area contributed by atoms with Crippen molar-refractivity contribution in [1.29, 1.82) is 0 Å². The summed E-state index contributed by atoms with van der Waals surface area (Å²) in [7, 11) is 0. The number of hydrogen-bond donors (Lipinski definition) is 2. The molecule has 3 N–H and O–H groups in total. The number of nitrogens with two attached hydrogens (primary N) is 1. The van der Waals surface area contributed by atoms with E-state index in [1.807, 2.05) is 12.2 Å². The summed E-state index contributed by atoms with van der Waals surface area (Å²) in [6.07, 6.45) is 5.09. The maximum atomic E-state index is 11.8. The first-order chi connectivity index (χ1) is 7.11. The molecule has 1 saturated heterocycles. The number of amides is 2. The minimum Gasteiger partial charge on any atom is -0.375 e. The van der Waals surface area contributed by atoms with Crippen molar-refractivity contribution in [2.75, 3.05) is 0 Å². The molecule has 5 nitrogen and oxygen atoms in total. The van der Waals surface area contributed by atoms with Crippen molar-refractivity contribution >= 4 is 29.1 Å². The van der Waals surface area contributed by atoms with E-state index in [1.54, 1.807) is 0 Å². The van der Waals surface area contributed by atoms with Gasteiger partial charge in [-0.2, -0.15) is 5.01 Å². The van der Waals surface area contributed by atoms with E-state index in [2.05, 4.69) is 17.6 Å². The third-order valence-electron chi connectivity index (χ3n) is 2.73. The topological polar surface area (TPSA) is 75.4 Å². The molecule has 0 unspecified atom stereocenters. The van der Waals surface area contributed by atoms with Crippen LogP contribution in [0.1, 0.15) is 12.8 Å². The summed E-state index contributed by atoms with van der Waals surface area (Å²) >= 11 is 4.61. The highest BCUT2D eigenvalue weighted by Gasteiger charge is 2.47. The predicted molar refractivity (Wildman–Crippen MR) is 57.1 cm³/mol. The molecular formula is C9H11N3O2S. The van der Waals surface area contributed by atoms with Gasteiger partial charge >= 0.3 is 0 Å². The van der Waals surface area contributed by atoms with Crippen LogP contribution in [0.4, 0.5) is 0 Å². The number of nitrogens with one attached hydrogen (secondary N) is 1.